The Labute approximate surface area is 79.2 Å². The predicted octanol–water partition coefficient (Wildman–Crippen LogP) is 0.734. The first-order chi connectivity index (χ1) is 6.30. The van der Waals surface area contributed by atoms with Crippen LogP contribution in [0.5, 0.6) is 0 Å². The standard InChI is InChI=1S/C9H13BN3/c11-7-10(8-12)13-4-1-9(2-5-13)3-6-13/h9H,1-6H2. The van der Waals surface area contributed by atoms with Crippen LogP contribution in [0.15, 0.2) is 0 Å². The summed E-state index contributed by atoms with van der Waals surface area (Å²) in [5.41, 5.74) is 0. The van der Waals surface area contributed by atoms with Crippen LogP contribution in [0.3, 0.4) is 0 Å². The lowest BCUT2D eigenvalue weighted by atomic mass is 9.58. The van der Waals surface area contributed by atoms with Gasteiger partial charge in [0.15, 0.2) is 0 Å². The summed E-state index contributed by atoms with van der Waals surface area (Å²) in [6.45, 7) is 2.74. The van der Waals surface area contributed by atoms with E-state index in [0.29, 0.717) is 0 Å². The fourth-order valence-corrected chi connectivity index (χ4v) is 2.75. The first-order valence-corrected chi connectivity index (χ1v) is 4.96. The summed E-state index contributed by atoms with van der Waals surface area (Å²) < 4.78 is 0.767. The molecule has 0 N–H and O–H groups in total. The normalized spacial score (nSPS) is 37.0. The molecule has 0 atom stereocenters. The third-order valence-corrected chi connectivity index (χ3v) is 3.74. The molecule has 0 amide bonds. The van der Waals surface area contributed by atoms with Crippen LogP contribution in [0.1, 0.15) is 19.3 Å². The first-order valence-electron chi connectivity index (χ1n) is 4.96. The number of hydrogen-bond donors (Lipinski definition) is 0. The van der Waals surface area contributed by atoms with E-state index in [1.807, 2.05) is 0 Å². The Morgan fingerprint density at radius 1 is 1.00 bits per heavy atom. The highest BCUT2D eigenvalue weighted by Crippen LogP contribution is 2.34. The third kappa shape index (κ3) is 1.22. The summed E-state index contributed by atoms with van der Waals surface area (Å²) in [7, 11) is 0. The van der Waals surface area contributed by atoms with Gasteiger partial charge in [-0.3, -0.25) is 0 Å². The van der Waals surface area contributed by atoms with E-state index in [1.165, 1.54) is 19.3 Å². The average Bonchev–Trinajstić information content (AvgIpc) is 2.22. The van der Waals surface area contributed by atoms with Crippen LogP contribution in [0.4, 0.5) is 0 Å². The fraction of sp³-hybridized carbons (Fsp3) is 0.778. The fourth-order valence-electron chi connectivity index (χ4n) is 2.75. The molecule has 3 nitrogen and oxygen atoms in total. The minimum absolute atomic E-state index is 0.416. The van der Waals surface area contributed by atoms with Crippen LogP contribution in [-0.2, 0) is 0 Å². The van der Waals surface area contributed by atoms with Crippen molar-refractivity contribution in [3.8, 4) is 11.9 Å². The second kappa shape index (κ2) is 3.05. The lowest BCUT2D eigenvalue weighted by molar-refractivity contribution is -0.843. The van der Waals surface area contributed by atoms with E-state index in [0.717, 1.165) is 29.9 Å². The topological polar surface area (TPSA) is 47.6 Å². The number of rotatable bonds is 1. The summed E-state index contributed by atoms with van der Waals surface area (Å²) >= 11 is 0. The molecular formula is C9H13BN3. The number of quaternary nitrogens is 1. The minimum Gasteiger partial charge on any atom is -0.512 e. The number of fused-ring (bicyclic) bond motifs is 3. The highest BCUT2D eigenvalue weighted by molar-refractivity contribution is 6.67. The molecule has 0 aromatic rings. The van der Waals surface area contributed by atoms with Gasteiger partial charge in [0.2, 0.25) is 0 Å². The summed E-state index contributed by atoms with van der Waals surface area (Å²) in [6, 6.07) is 0. The molecule has 3 heterocycles. The highest BCUT2D eigenvalue weighted by atomic mass is 15.3. The molecule has 3 rings (SSSR count). The van der Waals surface area contributed by atoms with Gasteiger partial charge in [0.25, 0.3) is 0 Å². The van der Waals surface area contributed by atoms with Crippen molar-refractivity contribution in [2.24, 2.45) is 5.92 Å². The summed E-state index contributed by atoms with van der Waals surface area (Å²) in [6.07, 6.45) is 3.67. The Kier molecular flexibility index (Phi) is 2.02. The Bertz CT molecular complexity index is 252. The first kappa shape index (κ1) is 8.60. The van der Waals surface area contributed by atoms with Crippen LogP contribution in [-0.4, -0.2) is 30.9 Å². The van der Waals surface area contributed by atoms with Crippen molar-refractivity contribution < 1.29 is 4.39 Å². The van der Waals surface area contributed by atoms with Crippen LogP contribution in [0.25, 0.3) is 0 Å². The lowest BCUT2D eigenvalue weighted by Gasteiger charge is -2.57. The van der Waals surface area contributed by atoms with Gasteiger partial charge in [-0.05, 0) is 25.2 Å². The van der Waals surface area contributed by atoms with E-state index in [9.17, 15) is 0 Å². The monoisotopic (exact) mass is 174 g/mol. The molecule has 3 saturated heterocycles. The van der Waals surface area contributed by atoms with Crippen molar-refractivity contribution in [3.05, 3.63) is 0 Å². The van der Waals surface area contributed by atoms with Gasteiger partial charge >= 0.3 is 6.85 Å². The zero-order valence-corrected chi connectivity index (χ0v) is 7.74. The van der Waals surface area contributed by atoms with Gasteiger partial charge in [-0.15, -0.1) is 0 Å². The smallest absolute Gasteiger partial charge is 0.353 e. The third-order valence-electron chi connectivity index (χ3n) is 3.74. The van der Waals surface area contributed by atoms with Gasteiger partial charge in [0.1, 0.15) is 0 Å². The quantitative estimate of drug-likeness (QED) is 0.550. The molecule has 1 radical (unpaired) electrons. The molecule has 67 valence electrons. The van der Waals surface area contributed by atoms with Gasteiger partial charge in [0.05, 0.1) is 0 Å². The van der Waals surface area contributed by atoms with E-state index < -0.39 is 6.85 Å². The SMILES string of the molecule is N#C[B-](C#N)[N+]12CCC(CC1)CC2. The van der Waals surface area contributed by atoms with E-state index in [-0.39, 0.29) is 0 Å². The van der Waals surface area contributed by atoms with Crippen LogP contribution in [0.2, 0.25) is 0 Å². The Balaban J connectivity index is 2.20. The summed E-state index contributed by atoms with van der Waals surface area (Å²) in [4.78, 5) is 0. The van der Waals surface area contributed by atoms with Gasteiger partial charge in [-0.1, -0.05) is 11.9 Å². The second-order valence-electron chi connectivity index (χ2n) is 4.28. The van der Waals surface area contributed by atoms with Crippen LogP contribution in [0, 0.1) is 28.4 Å². The Morgan fingerprint density at radius 3 is 1.85 bits per heavy atom. The number of hydrogen-bond acceptors (Lipinski definition) is 2. The van der Waals surface area contributed by atoms with Gasteiger partial charge in [0, 0.05) is 19.6 Å². The summed E-state index contributed by atoms with van der Waals surface area (Å²) in [5.74, 6) is 5.18. The molecule has 3 aliphatic rings. The molecule has 13 heavy (non-hydrogen) atoms. The van der Waals surface area contributed by atoms with E-state index in [4.69, 9.17) is 10.5 Å². The van der Waals surface area contributed by atoms with Crippen LogP contribution >= 0.6 is 0 Å². The molecule has 0 unspecified atom stereocenters. The number of nitrogens with zero attached hydrogens (tertiary/aromatic N) is 3. The van der Waals surface area contributed by atoms with Crippen molar-refractivity contribution in [3.63, 3.8) is 0 Å². The van der Waals surface area contributed by atoms with Crippen molar-refractivity contribution in [1.29, 1.82) is 10.5 Å². The molecule has 0 saturated carbocycles. The molecule has 0 spiro atoms. The van der Waals surface area contributed by atoms with E-state index in [1.54, 1.807) is 0 Å². The van der Waals surface area contributed by atoms with E-state index >= 15 is 0 Å². The molecule has 4 heteroatoms. The molecule has 0 aliphatic carbocycles. The van der Waals surface area contributed by atoms with Crippen molar-refractivity contribution in [2.45, 2.75) is 19.3 Å². The lowest BCUT2D eigenvalue weighted by Crippen LogP contribution is -2.65. The molecule has 2 bridgehead atoms. The minimum atomic E-state index is -0.416. The average molecular weight is 174 g/mol. The van der Waals surface area contributed by atoms with Gasteiger partial charge in [-0.2, -0.15) is 0 Å². The molecule has 0 aromatic heterocycles. The van der Waals surface area contributed by atoms with E-state index in [2.05, 4.69) is 11.9 Å². The number of nitriles is 2. The molecule has 3 fully saturated rings. The maximum atomic E-state index is 8.90. The molecule has 0 aromatic carbocycles. The van der Waals surface area contributed by atoms with Crippen molar-refractivity contribution in [2.75, 3.05) is 19.6 Å². The maximum absolute atomic E-state index is 8.90. The zero-order valence-electron chi connectivity index (χ0n) is 7.74. The Morgan fingerprint density at radius 2 is 1.46 bits per heavy atom. The number of piperidine rings is 3. The zero-order chi connectivity index (χ0) is 9.31. The molecule has 3 aliphatic heterocycles. The largest absolute Gasteiger partial charge is 0.512 e. The highest BCUT2D eigenvalue weighted by Gasteiger charge is 2.39. The van der Waals surface area contributed by atoms with Crippen molar-refractivity contribution >= 4 is 6.85 Å². The van der Waals surface area contributed by atoms with Crippen LogP contribution < -0.4 is 0 Å². The van der Waals surface area contributed by atoms with Gasteiger partial charge in [-0.25, -0.2) is 10.5 Å². The van der Waals surface area contributed by atoms with Crippen molar-refractivity contribution in [1.82, 2.24) is 0 Å². The second-order valence-corrected chi connectivity index (χ2v) is 4.28. The summed E-state index contributed by atoms with van der Waals surface area (Å²) in [5, 5.41) is 17.8. The predicted molar refractivity (Wildman–Crippen MR) is 49.2 cm³/mol. The van der Waals surface area contributed by atoms with Gasteiger partial charge < -0.3 is 4.39 Å². The maximum Gasteiger partial charge on any atom is 0.353 e. The Hall–Kier alpha value is -0.995. The molecular weight excluding hydrogens is 161 g/mol.